The number of ether oxygens (including phenoxy) is 1. The van der Waals surface area contributed by atoms with Gasteiger partial charge in [-0.3, -0.25) is 9.69 Å². The monoisotopic (exact) mass is 369 g/mol. The predicted octanol–water partition coefficient (Wildman–Crippen LogP) is 4.03. The highest BCUT2D eigenvalue weighted by Gasteiger charge is 2.20. The molecule has 0 radical (unpaired) electrons. The topological polar surface area (TPSA) is 58.2 Å². The smallest absolute Gasteiger partial charge is 0.260 e. The molecule has 0 spiro atoms. The fourth-order valence-electron chi connectivity index (χ4n) is 3.66. The molecule has 1 unspecified atom stereocenters. The third-order valence-electron chi connectivity index (χ3n) is 5.17. The zero-order chi connectivity index (χ0) is 18.1. The fraction of sp³-hybridized carbons (Fsp3) is 0.400. The fourth-order valence-corrected chi connectivity index (χ4v) is 4.62. The number of fused-ring (bicyclic) bond motifs is 1. The maximum atomic E-state index is 12.8. The van der Waals surface area contributed by atoms with Gasteiger partial charge in [0, 0.05) is 17.0 Å². The van der Waals surface area contributed by atoms with Gasteiger partial charge in [0.05, 0.1) is 19.0 Å². The van der Waals surface area contributed by atoms with E-state index in [1.54, 1.807) is 7.11 Å². The number of likely N-dealkylation sites (tertiary alicyclic amines) is 1. The zero-order valence-electron chi connectivity index (χ0n) is 15.1. The van der Waals surface area contributed by atoms with E-state index in [0.29, 0.717) is 18.0 Å². The minimum atomic E-state index is -0.0614. The van der Waals surface area contributed by atoms with Gasteiger partial charge in [-0.1, -0.05) is 18.6 Å². The van der Waals surface area contributed by atoms with Crippen LogP contribution in [0.1, 0.15) is 32.0 Å². The molecule has 3 heterocycles. The van der Waals surface area contributed by atoms with Crippen LogP contribution in [0.3, 0.4) is 0 Å². The van der Waals surface area contributed by atoms with Crippen LogP contribution in [0.5, 0.6) is 5.75 Å². The highest BCUT2D eigenvalue weighted by Crippen LogP contribution is 2.32. The summed E-state index contributed by atoms with van der Waals surface area (Å²) in [4.78, 5) is 23.8. The molecule has 2 aromatic heterocycles. The molecule has 1 aliphatic rings. The molecule has 0 bridgehead atoms. The quantitative estimate of drug-likeness (QED) is 0.754. The minimum Gasteiger partial charge on any atom is -0.497 e. The second-order valence-electron chi connectivity index (χ2n) is 6.89. The average molecular weight is 369 g/mol. The van der Waals surface area contributed by atoms with E-state index >= 15 is 0 Å². The first kappa shape index (κ1) is 17.2. The molecule has 4 rings (SSSR count). The van der Waals surface area contributed by atoms with E-state index in [1.165, 1.54) is 30.6 Å². The minimum absolute atomic E-state index is 0.0614. The Labute approximate surface area is 156 Å². The second kappa shape index (κ2) is 7.21. The number of nitrogens with one attached hydrogen (secondary N) is 1. The lowest BCUT2D eigenvalue weighted by Crippen LogP contribution is -2.37. The van der Waals surface area contributed by atoms with Crippen molar-refractivity contribution in [2.24, 2.45) is 0 Å². The number of hydrogen-bond donors (Lipinski definition) is 1. The number of H-pyrrole nitrogens is 1. The van der Waals surface area contributed by atoms with E-state index < -0.39 is 0 Å². The van der Waals surface area contributed by atoms with Crippen LogP contribution in [0.2, 0.25) is 0 Å². The molecule has 0 amide bonds. The van der Waals surface area contributed by atoms with Crippen molar-refractivity contribution in [3.8, 4) is 16.9 Å². The number of aromatic nitrogens is 2. The molecule has 1 fully saturated rings. The van der Waals surface area contributed by atoms with E-state index in [1.807, 2.05) is 29.6 Å². The molecule has 1 N–H and O–H groups in total. The second-order valence-corrected chi connectivity index (χ2v) is 7.75. The molecule has 26 heavy (non-hydrogen) atoms. The molecule has 1 atom stereocenters. The molecule has 3 aromatic rings. The van der Waals surface area contributed by atoms with Crippen molar-refractivity contribution >= 4 is 21.6 Å². The highest BCUT2D eigenvalue weighted by atomic mass is 32.1. The Morgan fingerprint density at radius 2 is 2.27 bits per heavy atom. The first-order valence-corrected chi connectivity index (χ1v) is 9.92. The van der Waals surface area contributed by atoms with E-state index in [-0.39, 0.29) is 5.56 Å². The largest absolute Gasteiger partial charge is 0.497 e. The summed E-state index contributed by atoms with van der Waals surface area (Å²) in [6.45, 7) is 4.03. The zero-order valence-corrected chi connectivity index (χ0v) is 15.9. The van der Waals surface area contributed by atoms with E-state index in [0.717, 1.165) is 34.1 Å². The number of thiophene rings is 1. The maximum absolute atomic E-state index is 12.8. The normalized spacial score (nSPS) is 18.3. The van der Waals surface area contributed by atoms with E-state index in [2.05, 4.69) is 16.8 Å². The van der Waals surface area contributed by atoms with Crippen LogP contribution in [-0.4, -0.2) is 34.6 Å². The molecule has 1 aromatic carbocycles. The molecular weight excluding hydrogens is 346 g/mol. The van der Waals surface area contributed by atoms with Gasteiger partial charge in [-0.25, -0.2) is 4.98 Å². The molecule has 0 saturated carbocycles. The Morgan fingerprint density at radius 3 is 3.08 bits per heavy atom. The molecule has 1 saturated heterocycles. The average Bonchev–Trinajstić information content (AvgIpc) is 3.08. The summed E-state index contributed by atoms with van der Waals surface area (Å²) in [5, 5.41) is 2.67. The van der Waals surface area contributed by atoms with E-state index in [9.17, 15) is 4.79 Å². The van der Waals surface area contributed by atoms with Crippen LogP contribution in [0.15, 0.2) is 34.4 Å². The predicted molar refractivity (Wildman–Crippen MR) is 106 cm³/mol. The van der Waals surface area contributed by atoms with Gasteiger partial charge in [-0.05, 0) is 44.0 Å². The van der Waals surface area contributed by atoms with Crippen molar-refractivity contribution in [2.45, 2.75) is 38.8 Å². The Bertz CT molecular complexity index is 979. The van der Waals surface area contributed by atoms with Crippen LogP contribution in [0.25, 0.3) is 21.3 Å². The Hall–Kier alpha value is -2.18. The molecule has 6 heteroatoms. The number of benzene rings is 1. The Morgan fingerprint density at radius 1 is 1.38 bits per heavy atom. The number of hydrogen-bond acceptors (Lipinski definition) is 5. The first-order valence-electron chi connectivity index (χ1n) is 9.04. The Kier molecular flexibility index (Phi) is 4.78. The molecule has 1 aliphatic heterocycles. The number of rotatable bonds is 4. The lowest BCUT2D eigenvalue weighted by Gasteiger charge is -2.32. The van der Waals surface area contributed by atoms with Crippen molar-refractivity contribution < 1.29 is 4.74 Å². The van der Waals surface area contributed by atoms with Crippen LogP contribution >= 0.6 is 11.3 Å². The molecule has 5 nitrogen and oxygen atoms in total. The number of nitrogens with zero attached hydrogens (tertiary/aromatic N) is 2. The van der Waals surface area contributed by atoms with Gasteiger partial charge in [0.25, 0.3) is 5.56 Å². The first-order chi connectivity index (χ1) is 12.7. The highest BCUT2D eigenvalue weighted by molar-refractivity contribution is 7.17. The van der Waals surface area contributed by atoms with Crippen LogP contribution in [0.4, 0.5) is 0 Å². The Balaban J connectivity index is 1.70. The summed E-state index contributed by atoms with van der Waals surface area (Å²) in [6.07, 6.45) is 3.72. The lowest BCUT2D eigenvalue weighted by molar-refractivity contribution is 0.149. The van der Waals surface area contributed by atoms with Crippen molar-refractivity contribution in [3.63, 3.8) is 0 Å². The molecular formula is C20H23N3O2S. The van der Waals surface area contributed by atoms with Crippen LogP contribution < -0.4 is 10.3 Å². The summed E-state index contributed by atoms with van der Waals surface area (Å²) in [5.74, 6) is 1.54. The summed E-state index contributed by atoms with van der Waals surface area (Å²) in [5.41, 5.74) is 1.82. The van der Waals surface area contributed by atoms with Gasteiger partial charge in [0.2, 0.25) is 0 Å². The summed E-state index contributed by atoms with van der Waals surface area (Å²) in [7, 11) is 1.65. The standard InChI is InChI=1S/C20H23N3O2S/c1-13-6-3-4-9-23(13)11-17-21-19(24)18-16(12-26-20(18)22-17)14-7-5-8-15(10-14)25-2/h5,7-8,10,12-13H,3-4,6,9,11H2,1-2H3,(H,21,22,24). The van der Waals surface area contributed by atoms with Crippen LogP contribution in [0, 0.1) is 0 Å². The van der Waals surface area contributed by atoms with Gasteiger partial charge in [-0.15, -0.1) is 11.3 Å². The number of piperidine rings is 1. The van der Waals surface area contributed by atoms with Gasteiger partial charge < -0.3 is 9.72 Å². The van der Waals surface area contributed by atoms with Crippen molar-refractivity contribution in [2.75, 3.05) is 13.7 Å². The summed E-state index contributed by atoms with van der Waals surface area (Å²) < 4.78 is 5.31. The van der Waals surface area contributed by atoms with Gasteiger partial charge in [0.1, 0.15) is 16.4 Å². The van der Waals surface area contributed by atoms with E-state index in [4.69, 9.17) is 9.72 Å². The maximum Gasteiger partial charge on any atom is 0.260 e. The SMILES string of the molecule is COc1cccc(-c2csc3nc(CN4CCCCC4C)[nH]c(=O)c23)c1. The number of aromatic amines is 1. The van der Waals surface area contributed by atoms with Gasteiger partial charge in [0.15, 0.2) is 0 Å². The van der Waals surface area contributed by atoms with Crippen LogP contribution in [-0.2, 0) is 6.54 Å². The van der Waals surface area contributed by atoms with Gasteiger partial charge >= 0.3 is 0 Å². The van der Waals surface area contributed by atoms with Gasteiger partial charge in [-0.2, -0.15) is 0 Å². The molecule has 0 aliphatic carbocycles. The third-order valence-corrected chi connectivity index (χ3v) is 6.04. The van der Waals surface area contributed by atoms with Crippen molar-refractivity contribution in [1.29, 1.82) is 0 Å². The molecule has 136 valence electrons. The summed E-state index contributed by atoms with van der Waals surface area (Å²) in [6, 6.07) is 8.32. The third kappa shape index (κ3) is 3.27. The summed E-state index contributed by atoms with van der Waals surface area (Å²) >= 11 is 1.52. The van der Waals surface area contributed by atoms with Crippen molar-refractivity contribution in [1.82, 2.24) is 14.9 Å². The lowest BCUT2D eigenvalue weighted by atomic mass is 10.0. The van der Waals surface area contributed by atoms with Crippen molar-refractivity contribution in [3.05, 3.63) is 45.8 Å². The number of methoxy groups -OCH3 is 1.